The first kappa shape index (κ1) is 25.8. The monoisotopic (exact) mass is 459 g/mol. The van der Waals surface area contributed by atoms with E-state index in [0.717, 1.165) is 56.0 Å². The third-order valence-corrected chi connectivity index (χ3v) is 7.14. The molecule has 1 aromatic carbocycles. The van der Waals surface area contributed by atoms with E-state index in [1.54, 1.807) is 7.11 Å². The van der Waals surface area contributed by atoms with Gasteiger partial charge in [0, 0.05) is 31.8 Å². The summed E-state index contributed by atoms with van der Waals surface area (Å²) in [4.78, 5) is 6.89. The molecule has 2 aliphatic rings. The molecule has 2 aliphatic heterocycles. The van der Waals surface area contributed by atoms with Crippen LogP contribution in [-0.2, 0) is 6.42 Å². The SMILES string of the molecule is CCCCNC1C(Cc2ccc(OCCCN3CCCC3)cc2OC)=C(C)N(C)C(N)N1C. The Bertz CT molecular complexity index is 778. The number of rotatable bonds is 12. The summed E-state index contributed by atoms with van der Waals surface area (Å²) in [5, 5.41) is 3.72. The highest BCUT2D eigenvalue weighted by molar-refractivity contribution is 5.44. The van der Waals surface area contributed by atoms with Crippen LogP contribution in [0.5, 0.6) is 11.5 Å². The van der Waals surface area contributed by atoms with E-state index in [2.05, 4.69) is 60.1 Å². The molecule has 3 rings (SSSR count). The molecule has 3 N–H and O–H groups in total. The molecule has 0 bridgehead atoms. The molecule has 1 fully saturated rings. The lowest BCUT2D eigenvalue weighted by Crippen LogP contribution is -2.62. The molecule has 7 nitrogen and oxygen atoms in total. The van der Waals surface area contributed by atoms with Crippen LogP contribution in [0.3, 0.4) is 0 Å². The summed E-state index contributed by atoms with van der Waals surface area (Å²) in [5.74, 6) is 1.75. The Balaban J connectivity index is 1.68. The Hall–Kier alpha value is -1.80. The molecule has 33 heavy (non-hydrogen) atoms. The molecule has 0 radical (unpaired) electrons. The molecule has 0 spiro atoms. The maximum Gasteiger partial charge on any atom is 0.135 e. The van der Waals surface area contributed by atoms with Crippen molar-refractivity contribution in [3.8, 4) is 11.5 Å². The van der Waals surface area contributed by atoms with Crippen LogP contribution in [0.15, 0.2) is 29.5 Å². The highest BCUT2D eigenvalue weighted by Crippen LogP contribution is 2.32. The highest BCUT2D eigenvalue weighted by atomic mass is 16.5. The van der Waals surface area contributed by atoms with Gasteiger partial charge in [-0.3, -0.25) is 16.0 Å². The number of ether oxygens (including phenoxy) is 2. The van der Waals surface area contributed by atoms with E-state index in [4.69, 9.17) is 15.2 Å². The maximum atomic E-state index is 6.47. The van der Waals surface area contributed by atoms with Crippen molar-refractivity contribution in [3.05, 3.63) is 35.0 Å². The van der Waals surface area contributed by atoms with Crippen molar-refractivity contribution in [2.24, 2.45) is 5.73 Å². The minimum absolute atomic E-state index is 0.106. The van der Waals surface area contributed by atoms with Crippen molar-refractivity contribution >= 4 is 0 Å². The molecule has 7 heteroatoms. The number of benzene rings is 1. The molecule has 186 valence electrons. The van der Waals surface area contributed by atoms with Crippen molar-refractivity contribution < 1.29 is 9.47 Å². The van der Waals surface area contributed by atoms with Crippen LogP contribution >= 0.6 is 0 Å². The van der Waals surface area contributed by atoms with Gasteiger partial charge in [-0.05, 0) is 76.5 Å². The molecule has 0 aliphatic carbocycles. The van der Waals surface area contributed by atoms with Crippen LogP contribution in [0.25, 0.3) is 0 Å². The van der Waals surface area contributed by atoms with E-state index in [1.165, 1.54) is 43.6 Å². The second kappa shape index (κ2) is 12.6. The Morgan fingerprint density at radius 2 is 1.91 bits per heavy atom. The fourth-order valence-electron chi connectivity index (χ4n) is 4.85. The summed E-state index contributed by atoms with van der Waals surface area (Å²) in [6.45, 7) is 9.69. The number of likely N-dealkylation sites (tertiary alicyclic amines) is 1. The van der Waals surface area contributed by atoms with Gasteiger partial charge in [0.15, 0.2) is 0 Å². The van der Waals surface area contributed by atoms with Gasteiger partial charge in [-0.2, -0.15) is 0 Å². The first-order chi connectivity index (χ1) is 16.0. The highest BCUT2D eigenvalue weighted by Gasteiger charge is 2.33. The number of nitrogens with two attached hydrogens (primary N) is 1. The number of allylic oxidation sites excluding steroid dienone is 1. The number of nitrogens with one attached hydrogen (secondary N) is 1. The molecule has 2 heterocycles. The molecule has 1 saturated heterocycles. The van der Waals surface area contributed by atoms with E-state index < -0.39 is 0 Å². The Morgan fingerprint density at radius 3 is 2.61 bits per heavy atom. The van der Waals surface area contributed by atoms with Crippen LogP contribution in [0.2, 0.25) is 0 Å². The summed E-state index contributed by atoms with van der Waals surface area (Å²) in [7, 11) is 5.89. The fraction of sp³-hybridized carbons (Fsp3) is 0.692. The average Bonchev–Trinajstić information content (AvgIpc) is 3.35. The second-order valence-corrected chi connectivity index (χ2v) is 9.41. The Morgan fingerprint density at radius 1 is 1.15 bits per heavy atom. The van der Waals surface area contributed by atoms with Gasteiger partial charge >= 0.3 is 0 Å². The number of methoxy groups -OCH3 is 1. The molecule has 0 saturated carbocycles. The van der Waals surface area contributed by atoms with E-state index in [-0.39, 0.29) is 12.5 Å². The van der Waals surface area contributed by atoms with E-state index >= 15 is 0 Å². The standard InChI is InChI=1S/C26H45N5O2/c1-6-7-13-28-25-23(20(2)29(3)26(27)30(25)4)18-21-11-12-22(19-24(21)32-5)33-17-10-16-31-14-8-9-15-31/h11-12,19,25-26,28H,6-10,13-18,27H2,1-5H3. The average molecular weight is 460 g/mol. The van der Waals surface area contributed by atoms with Gasteiger partial charge in [0.25, 0.3) is 0 Å². The molecule has 0 amide bonds. The number of unbranched alkanes of at least 4 members (excludes halogenated alkanes) is 1. The Kier molecular flexibility index (Phi) is 9.86. The number of hydrogen-bond donors (Lipinski definition) is 2. The predicted octanol–water partition coefficient (Wildman–Crippen LogP) is 3.21. The van der Waals surface area contributed by atoms with Gasteiger partial charge in [0.05, 0.1) is 19.9 Å². The number of nitrogens with zero attached hydrogens (tertiary/aromatic N) is 3. The van der Waals surface area contributed by atoms with Gasteiger partial charge in [-0.25, -0.2) is 0 Å². The fourth-order valence-corrected chi connectivity index (χ4v) is 4.85. The van der Waals surface area contributed by atoms with Crippen LogP contribution < -0.4 is 20.5 Å². The van der Waals surface area contributed by atoms with Crippen molar-refractivity contribution in [2.45, 2.75) is 64.8 Å². The smallest absolute Gasteiger partial charge is 0.135 e. The molecule has 1 aromatic rings. The molecular weight excluding hydrogens is 414 g/mol. The summed E-state index contributed by atoms with van der Waals surface area (Å²) >= 11 is 0. The zero-order chi connectivity index (χ0) is 23.8. The van der Waals surface area contributed by atoms with E-state index in [1.807, 2.05) is 6.07 Å². The van der Waals surface area contributed by atoms with E-state index in [0.29, 0.717) is 0 Å². The zero-order valence-electron chi connectivity index (χ0n) is 21.4. The topological polar surface area (TPSA) is 66.2 Å². The van der Waals surface area contributed by atoms with Crippen LogP contribution in [0.1, 0.15) is 51.5 Å². The third kappa shape index (κ3) is 6.63. The lowest BCUT2D eigenvalue weighted by Gasteiger charge is -2.46. The quantitative estimate of drug-likeness (QED) is 0.465. The largest absolute Gasteiger partial charge is 0.496 e. The van der Waals surface area contributed by atoms with E-state index in [9.17, 15) is 0 Å². The minimum Gasteiger partial charge on any atom is -0.496 e. The van der Waals surface area contributed by atoms with Crippen LogP contribution in [0.4, 0.5) is 0 Å². The van der Waals surface area contributed by atoms with Crippen LogP contribution in [0, 0.1) is 0 Å². The summed E-state index contributed by atoms with van der Waals surface area (Å²) < 4.78 is 11.8. The third-order valence-electron chi connectivity index (χ3n) is 7.14. The first-order valence-corrected chi connectivity index (χ1v) is 12.6. The van der Waals surface area contributed by atoms with Crippen molar-refractivity contribution in [2.75, 3.05) is 54.0 Å². The second-order valence-electron chi connectivity index (χ2n) is 9.41. The van der Waals surface area contributed by atoms with Gasteiger partial charge in [-0.15, -0.1) is 0 Å². The van der Waals surface area contributed by atoms with Crippen molar-refractivity contribution in [3.63, 3.8) is 0 Å². The molecule has 0 aromatic heterocycles. The number of hydrogen-bond acceptors (Lipinski definition) is 7. The van der Waals surface area contributed by atoms with Crippen molar-refractivity contribution in [1.29, 1.82) is 0 Å². The predicted molar refractivity (Wildman–Crippen MR) is 135 cm³/mol. The molecule has 2 unspecified atom stereocenters. The number of likely N-dealkylation sites (N-methyl/N-ethyl adjacent to an activating group) is 1. The molecule has 2 atom stereocenters. The van der Waals surface area contributed by atoms with Gasteiger partial charge in [0.1, 0.15) is 17.8 Å². The lowest BCUT2D eigenvalue weighted by molar-refractivity contribution is 0.0497. The Labute approximate surface area is 200 Å². The van der Waals surface area contributed by atoms with Gasteiger partial charge in [-0.1, -0.05) is 19.4 Å². The normalized spacial score (nSPS) is 22.3. The summed E-state index contributed by atoms with van der Waals surface area (Å²) in [5.41, 5.74) is 10.2. The lowest BCUT2D eigenvalue weighted by atomic mass is 9.97. The minimum atomic E-state index is -0.147. The van der Waals surface area contributed by atoms with Gasteiger partial charge < -0.3 is 19.3 Å². The maximum absolute atomic E-state index is 6.47. The molecular formula is C26H45N5O2. The van der Waals surface area contributed by atoms with Crippen LogP contribution in [-0.4, -0.2) is 81.1 Å². The summed E-state index contributed by atoms with van der Waals surface area (Å²) in [6, 6.07) is 6.25. The van der Waals surface area contributed by atoms with Gasteiger partial charge in [0.2, 0.25) is 0 Å². The first-order valence-electron chi connectivity index (χ1n) is 12.6. The van der Waals surface area contributed by atoms with Crippen molar-refractivity contribution in [1.82, 2.24) is 20.0 Å². The summed E-state index contributed by atoms with van der Waals surface area (Å²) in [6.07, 6.45) is 6.80. The zero-order valence-corrected chi connectivity index (χ0v) is 21.4.